The summed E-state index contributed by atoms with van der Waals surface area (Å²) in [4.78, 5) is 10.8. The van der Waals surface area contributed by atoms with Crippen LogP contribution in [0, 0.1) is 0 Å². The van der Waals surface area contributed by atoms with Crippen LogP contribution in [0.4, 0.5) is 0 Å². The van der Waals surface area contributed by atoms with E-state index in [1.54, 1.807) is 0 Å². The lowest BCUT2D eigenvalue weighted by Gasteiger charge is -2.33. The number of hydrogen-bond acceptors (Lipinski definition) is 4. The van der Waals surface area contributed by atoms with Crippen molar-refractivity contribution < 1.29 is 9.53 Å². The van der Waals surface area contributed by atoms with Crippen LogP contribution in [0.5, 0.6) is 0 Å². The van der Waals surface area contributed by atoms with E-state index in [2.05, 4.69) is 0 Å². The smallest absolute Gasteiger partial charge is 0.132 e. The van der Waals surface area contributed by atoms with E-state index in [1.165, 1.54) is 6.92 Å². The molecule has 0 aromatic carbocycles. The second kappa shape index (κ2) is 3.98. The summed E-state index contributed by atoms with van der Waals surface area (Å²) in [5.41, 5.74) is 11.5. The van der Waals surface area contributed by atoms with Gasteiger partial charge in [-0.25, -0.2) is 0 Å². The summed E-state index contributed by atoms with van der Waals surface area (Å²) in [5.74, 6) is 0.101. The van der Waals surface area contributed by atoms with Crippen molar-refractivity contribution in [2.45, 2.75) is 38.0 Å². The highest BCUT2D eigenvalue weighted by Gasteiger charge is 2.29. The maximum absolute atomic E-state index is 10.8. The molecule has 1 rings (SSSR count). The minimum absolute atomic E-state index is 0.0249. The van der Waals surface area contributed by atoms with Gasteiger partial charge in [-0.2, -0.15) is 0 Å². The van der Waals surface area contributed by atoms with Gasteiger partial charge in [-0.05, 0) is 13.3 Å². The number of carbonyl (C=O) groups excluding carboxylic acids is 1. The maximum Gasteiger partial charge on any atom is 0.132 e. The molecule has 1 heterocycles. The third-order valence-corrected chi connectivity index (χ3v) is 2.20. The molecular formula is C8H16N2O2. The van der Waals surface area contributed by atoms with Crippen LogP contribution in [-0.2, 0) is 9.53 Å². The number of Topliss-reactive ketones (excluding diaryl/α,β-unsaturated/α-hetero) is 1. The van der Waals surface area contributed by atoms with Gasteiger partial charge in [0.25, 0.3) is 0 Å². The second-order valence-electron chi connectivity index (χ2n) is 3.35. The van der Waals surface area contributed by atoms with Crippen molar-refractivity contribution in [3.8, 4) is 0 Å². The Morgan fingerprint density at radius 3 is 2.83 bits per heavy atom. The molecular weight excluding hydrogens is 156 g/mol. The van der Waals surface area contributed by atoms with Gasteiger partial charge in [0.1, 0.15) is 5.78 Å². The lowest BCUT2D eigenvalue weighted by Crippen LogP contribution is -2.54. The standard InChI is InChI=1S/C8H16N2O2/c1-5(11)4-7-8(10)6(9)2-3-12-7/h6-8H,2-4,9-10H2,1H3/t6-,7?,8?/m0/s1. The highest BCUT2D eigenvalue weighted by molar-refractivity contribution is 5.76. The molecule has 0 saturated carbocycles. The van der Waals surface area contributed by atoms with Crippen LogP contribution >= 0.6 is 0 Å². The van der Waals surface area contributed by atoms with Crippen molar-refractivity contribution in [3.63, 3.8) is 0 Å². The third-order valence-electron chi connectivity index (χ3n) is 2.20. The fourth-order valence-electron chi connectivity index (χ4n) is 1.41. The Balaban J connectivity index is 2.46. The van der Waals surface area contributed by atoms with Crippen LogP contribution in [0.25, 0.3) is 0 Å². The molecule has 4 heteroatoms. The molecule has 0 aromatic rings. The van der Waals surface area contributed by atoms with Gasteiger partial charge in [0.2, 0.25) is 0 Å². The molecule has 12 heavy (non-hydrogen) atoms. The molecule has 0 aromatic heterocycles. The molecule has 0 radical (unpaired) electrons. The Kier molecular flexibility index (Phi) is 3.20. The van der Waals surface area contributed by atoms with E-state index >= 15 is 0 Å². The lowest BCUT2D eigenvalue weighted by molar-refractivity contribution is -0.121. The average molecular weight is 172 g/mol. The molecule has 3 atom stereocenters. The van der Waals surface area contributed by atoms with Crippen LogP contribution < -0.4 is 11.5 Å². The first-order chi connectivity index (χ1) is 5.61. The van der Waals surface area contributed by atoms with E-state index in [0.717, 1.165) is 6.42 Å². The summed E-state index contributed by atoms with van der Waals surface area (Å²) in [6.45, 7) is 2.16. The normalized spacial score (nSPS) is 36.4. The van der Waals surface area contributed by atoms with Gasteiger partial charge in [-0.3, -0.25) is 4.79 Å². The zero-order valence-corrected chi connectivity index (χ0v) is 7.32. The molecule has 0 aliphatic carbocycles. The molecule has 4 nitrogen and oxygen atoms in total. The van der Waals surface area contributed by atoms with Crippen LogP contribution in [0.15, 0.2) is 0 Å². The van der Waals surface area contributed by atoms with E-state index in [9.17, 15) is 4.79 Å². The first kappa shape index (κ1) is 9.64. The first-order valence-electron chi connectivity index (χ1n) is 4.23. The van der Waals surface area contributed by atoms with Crippen molar-refractivity contribution >= 4 is 5.78 Å². The SMILES string of the molecule is CC(=O)CC1OCC[C@H](N)C1N. The number of nitrogens with two attached hydrogens (primary N) is 2. The number of ketones is 1. The summed E-state index contributed by atoms with van der Waals surface area (Å²) >= 11 is 0. The molecule has 4 N–H and O–H groups in total. The number of carbonyl (C=O) groups is 1. The van der Waals surface area contributed by atoms with Crippen molar-refractivity contribution in [2.75, 3.05) is 6.61 Å². The van der Waals surface area contributed by atoms with E-state index in [1.807, 2.05) is 0 Å². The predicted octanol–water partition coefficient (Wildman–Crippen LogP) is -0.591. The minimum atomic E-state index is -0.192. The van der Waals surface area contributed by atoms with Crippen molar-refractivity contribution in [3.05, 3.63) is 0 Å². The highest BCUT2D eigenvalue weighted by atomic mass is 16.5. The quantitative estimate of drug-likeness (QED) is 0.583. The summed E-state index contributed by atoms with van der Waals surface area (Å²) in [6, 6.07) is -0.217. The van der Waals surface area contributed by atoms with E-state index < -0.39 is 0 Å². The van der Waals surface area contributed by atoms with Crippen molar-refractivity contribution in [2.24, 2.45) is 11.5 Å². The van der Waals surface area contributed by atoms with Gasteiger partial charge in [0.15, 0.2) is 0 Å². The summed E-state index contributed by atoms with van der Waals surface area (Å²) < 4.78 is 5.35. The zero-order chi connectivity index (χ0) is 9.14. The Hall–Kier alpha value is -0.450. The third kappa shape index (κ3) is 2.27. The largest absolute Gasteiger partial charge is 0.376 e. The molecule has 1 aliphatic rings. The van der Waals surface area contributed by atoms with Gasteiger partial charge in [0, 0.05) is 25.1 Å². The highest BCUT2D eigenvalue weighted by Crippen LogP contribution is 2.14. The zero-order valence-electron chi connectivity index (χ0n) is 7.32. The molecule has 0 spiro atoms. The summed E-state index contributed by atoms with van der Waals surface area (Å²) in [5, 5.41) is 0. The molecule has 1 aliphatic heterocycles. The Morgan fingerprint density at radius 1 is 1.58 bits per heavy atom. The summed E-state index contributed by atoms with van der Waals surface area (Å²) in [6.07, 6.45) is 0.996. The monoisotopic (exact) mass is 172 g/mol. The van der Waals surface area contributed by atoms with Gasteiger partial charge < -0.3 is 16.2 Å². The Labute approximate surface area is 72.2 Å². The fraction of sp³-hybridized carbons (Fsp3) is 0.875. The Bertz CT molecular complexity index is 172. The van der Waals surface area contributed by atoms with Gasteiger partial charge in [-0.1, -0.05) is 0 Å². The molecule has 2 unspecified atom stereocenters. The van der Waals surface area contributed by atoms with Crippen LogP contribution in [-0.4, -0.2) is 30.6 Å². The van der Waals surface area contributed by atoms with E-state index in [-0.39, 0.29) is 24.0 Å². The molecule has 1 fully saturated rings. The van der Waals surface area contributed by atoms with Gasteiger partial charge >= 0.3 is 0 Å². The van der Waals surface area contributed by atoms with E-state index in [4.69, 9.17) is 16.2 Å². The second-order valence-corrected chi connectivity index (χ2v) is 3.35. The molecule has 0 bridgehead atoms. The minimum Gasteiger partial charge on any atom is -0.376 e. The average Bonchev–Trinajstić information content (AvgIpc) is 1.98. The van der Waals surface area contributed by atoms with Crippen LogP contribution in [0.2, 0.25) is 0 Å². The number of ether oxygens (including phenoxy) is 1. The topological polar surface area (TPSA) is 78.3 Å². The van der Waals surface area contributed by atoms with Crippen molar-refractivity contribution in [1.29, 1.82) is 0 Å². The van der Waals surface area contributed by atoms with Crippen LogP contribution in [0.1, 0.15) is 19.8 Å². The van der Waals surface area contributed by atoms with Gasteiger partial charge in [0.05, 0.1) is 6.10 Å². The summed E-state index contributed by atoms with van der Waals surface area (Å²) in [7, 11) is 0. The van der Waals surface area contributed by atoms with Crippen molar-refractivity contribution in [1.82, 2.24) is 0 Å². The van der Waals surface area contributed by atoms with Gasteiger partial charge in [-0.15, -0.1) is 0 Å². The van der Waals surface area contributed by atoms with E-state index in [0.29, 0.717) is 13.0 Å². The molecule has 0 amide bonds. The number of rotatable bonds is 2. The fourth-order valence-corrected chi connectivity index (χ4v) is 1.41. The lowest BCUT2D eigenvalue weighted by atomic mass is 9.95. The predicted molar refractivity (Wildman–Crippen MR) is 45.6 cm³/mol. The Morgan fingerprint density at radius 2 is 2.25 bits per heavy atom. The molecule has 1 saturated heterocycles. The first-order valence-corrected chi connectivity index (χ1v) is 4.23. The van der Waals surface area contributed by atoms with Crippen LogP contribution in [0.3, 0.4) is 0 Å². The maximum atomic E-state index is 10.8. The number of hydrogen-bond donors (Lipinski definition) is 2. The molecule has 70 valence electrons.